The Morgan fingerprint density at radius 1 is 0.833 bits per heavy atom. The van der Waals surface area contributed by atoms with Crippen molar-refractivity contribution in [1.29, 1.82) is 0 Å². The van der Waals surface area contributed by atoms with Crippen molar-refractivity contribution in [3.8, 4) is 0 Å². The number of thioether (sulfide) groups is 6. The first-order valence-corrected chi connectivity index (χ1v) is 16.0. The maximum atomic E-state index is 11.5. The van der Waals surface area contributed by atoms with Crippen molar-refractivity contribution < 1.29 is 19.1 Å². The van der Waals surface area contributed by atoms with Crippen molar-refractivity contribution in [3.63, 3.8) is 0 Å². The third kappa shape index (κ3) is 10.4. The van der Waals surface area contributed by atoms with Crippen LogP contribution in [0.25, 0.3) is 0 Å². The van der Waals surface area contributed by atoms with Crippen LogP contribution in [0.5, 0.6) is 0 Å². The van der Waals surface area contributed by atoms with E-state index in [2.05, 4.69) is 13.2 Å². The zero-order valence-electron chi connectivity index (χ0n) is 17.5. The highest BCUT2D eigenvalue weighted by Crippen LogP contribution is 2.41. The third-order valence-electron chi connectivity index (χ3n) is 4.00. The highest BCUT2D eigenvalue weighted by molar-refractivity contribution is 8.22. The summed E-state index contributed by atoms with van der Waals surface area (Å²) in [5.74, 6) is 6.15. The molecule has 0 aromatic rings. The molecule has 2 aliphatic heterocycles. The van der Waals surface area contributed by atoms with Gasteiger partial charge in [0.1, 0.15) is 13.2 Å². The Bertz CT molecular complexity index is 562. The lowest BCUT2D eigenvalue weighted by Crippen LogP contribution is -2.16. The van der Waals surface area contributed by atoms with Gasteiger partial charge >= 0.3 is 11.9 Å². The summed E-state index contributed by atoms with van der Waals surface area (Å²) in [5.41, 5.74) is 0.929. The van der Waals surface area contributed by atoms with Gasteiger partial charge in [0.05, 0.1) is 9.16 Å². The molecule has 0 spiro atoms. The van der Waals surface area contributed by atoms with Crippen molar-refractivity contribution in [2.75, 3.05) is 47.7 Å². The molecule has 0 aliphatic carbocycles. The minimum Gasteiger partial charge on any atom is -0.461 e. The number of carbonyl (C=O) groups is 2. The second kappa shape index (κ2) is 14.6. The van der Waals surface area contributed by atoms with Crippen LogP contribution in [0.1, 0.15) is 13.8 Å². The van der Waals surface area contributed by atoms with E-state index in [1.807, 2.05) is 70.6 Å². The molecule has 2 heterocycles. The largest absolute Gasteiger partial charge is 0.461 e. The highest BCUT2D eigenvalue weighted by Gasteiger charge is 2.28. The Balaban J connectivity index is 1.44. The van der Waals surface area contributed by atoms with Gasteiger partial charge in [0, 0.05) is 56.2 Å². The SMILES string of the molecule is C=C(C)C(=O)OCC1CSC(CSCCSCC2SCC(COC(=O)C(=C)C)S2)S1. The molecule has 0 saturated carbocycles. The van der Waals surface area contributed by atoms with E-state index in [-0.39, 0.29) is 11.9 Å². The molecule has 2 saturated heterocycles. The van der Waals surface area contributed by atoms with Gasteiger partial charge in [-0.25, -0.2) is 9.59 Å². The van der Waals surface area contributed by atoms with Crippen LogP contribution in [0.3, 0.4) is 0 Å². The fourth-order valence-corrected chi connectivity index (χ4v) is 12.0. The molecular weight excluding hydrogens is 497 g/mol. The average molecular weight is 527 g/mol. The van der Waals surface area contributed by atoms with E-state index in [9.17, 15) is 9.59 Å². The van der Waals surface area contributed by atoms with E-state index >= 15 is 0 Å². The molecule has 4 atom stereocenters. The topological polar surface area (TPSA) is 52.6 Å². The zero-order chi connectivity index (χ0) is 21.9. The van der Waals surface area contributed by atoms with E-state index in [1.165, 1.54) is 11.5 Å². The molecule has 4 nitrogen and oxygen atoms in total. The fourth-order valence-electron chi connectivity index (χ4n) is 2.43. The minimum atomic E-state index is -0.284. The molecule has 0 aromatic carbocycles. The van der Waals surface area contributed by atoms with Crippen LogP contribution in [0, 0.1) is 0 Å². The number of ether oxygens (including phenoxy) is 2. The molecule has 30 heavy (non-hydrogen) atoms. The molecule has 170 valence electrons. The Morgan fingerprint density at radius 3 is 1.60 bits per heavy atom. The Kier molecular flexibility index (Phi) is 13.0. The van der Waals surface area contributed by atoms with Gasteiger partial charge in [0.2, 0.25) is 0 Å². The summed E-state index contributed by atoms with van der Waals surface area (Å²) in [5, 5.41) is 0.801. The van der Waals surface area contributed by atoms with Crippen molar-refractivity contribution in [1.82, 2.24) is 0 Å². The summed E-state index contributed by atoms with van der Waals surface area (Å²) in [6.45, 7) is 11.6. The summed E-state index contributed by atoms with van der Waals surface area (Å²) >= 11 is 11.9. The van der Waals surface area contributed by atoms with Crippen LogP contribution in [-0.4, -0.2) is 79.3 Å². The molecule has 0 N–H and O–H groups in total. The monoisotopic (exact) mass is 526 g/mol. The second-order valence-electron chi connectivity index (χ2n) is 6.95. The summed E-state index contributed by atoms with van der Waals surface area (Å²) < 4.78 is 11.7. The molecular formula is C20H30O4S6. The van der Waals surface area contributed by atoms with Gasteiger partial charge in [0.25, 0.3) is 0 Å². The predicted octanol–water partition coefficient (Wildman–Crippen LogP) is 5.04. The van der Waals surface area contributed by atoms with Crippen LogP contribution < -0.4 is 0 Å². The summed E-state index contributed by atoms with van der Waals surface area (Å²) in [4.78, 5) is 23.0. The number of esters is 2. The first-order chi connectivity index (χ1) is 14.3. The smallest absolute Gasteiger partial charge is 0.333 e. The molecule has 0 radical (unpaired) electrons. The van der Waals surface area contributed by atoms with Crippen molar-refractivity contribution >= 4 is 82.5 Å². The van der Waals surface area contributed by atoms with E-state index in [1.54, 1.807) is 13.8 Å². The first-order valence-electron chi connectivity index (χ1n) is 9.70. The number of carbonyl (C=O) groups excluding carboxylic acids is 2. The van der Waals surface area contributed by atoms with Gasteiger partial charge in [-0.3, -0.25) is 0 Å². The van der Waals surface area contributed by atoms with Crippen LogP contribution in [0.15, 0.2) is 24.3 Å². The van der Waals surface area contributed by atoms with Crippen molar-refractivity contribution in [2.24, 2.45) is 0 Å². The molecule has 10 heteroatoms. The maximum absolute atomic E-state index is 11.5. The van der Waals surface area contributed by atoms with Crippen LogP contribution >= 0.6 is 70.6 Å². The zero-order valence-corrected chi connectivity index (χ0v) is 22.4. The molecule has 4 unspecified atom stereocenters. The van der Waals surface area contributed by atoms with Gasteiger partial charge < -0.3 is 9.47 Å². The van der Waals surface area contributed by atoms with E-state index in [4.69, 9.17) is 9.47 Å². The lowest BCUT2D eigenvalue weighted by atomic mass is 10.4. The Labute approximate surface area is 206 Å². The first kappa shape index (κ1) is 26.8. The molecule has 2 fully saturated rings. The summed E-state index contributed by atoms with van der Waals surface area (Å²) in [6, 6.07) is 0. The molecule has 2 rings (SSSR count). The van der Waals surface area contributed by atoms with Crippen LogP contribution in [0.2, 0.25) is 0 Å². The molecule has 0 amide bonds. The van der Waals surface area contributed by atoms with Gasteiger partial charge in [-0.2, -0.15) is 23.5 Å². The highest BCUT2D eigenvalue weighted by atomic mass is 32.2. The van der Waals surface area contributed by atoms with E-state index < -0.39 is 0 Å². The molecule has 2 aliphatic rings. The molecule has 0 bridgehead atoms. The number of hydrogen-bond acceptors (Lipinski definition) is 10. The van der Waals surface area contributed by atoms with Crippen molar-refractivity contribution in [3.05, 3.63) is 24.3 Å². The quantitative estimate of drug-likeness (QED) is 0.185. The van der Waals surface area contributed by atoms with Crippen LogP contribution in [0.4, 0.5) is 0 Å². The van der Waals surface area contributed by atoms with Gasteiger partial charge in [-0.05, 0) is 13.8 Å². The normalized spacial score (nSPS) is 25.8. The van der Waals surface area contributed by atoms with Gasteiger partial charge in [-0.15, -0.1) is 47.0 Å². The average Bonchev–Trinajstić information content (AvgIpc) is 3.36. The van der Waals surface area contributed by atoms with Gasteiger partial charge in [0.15, 0.2) is 0 Å². The standard InChI is InChI=1S/C20H30O4S6/c1-13(2)19(21)23-7-15-9-27-17(29-15)11-25-5-6-26-12-18-28-10-16(30-18)8-24-20(22)14(3)4/h15-18H,1,3,5-12H2,2,4H3. The van der Waals surface area contributed by atoms with Crippen LogP contribution in [-0.2, 0) is 19.1 Å². The molecule has 0 aromatic heterocycles. The Morgan fingerprint density at radius 2 is 1.23 bits per heavy atom. The lowest BCUT2D eigenvalue weighted by molar-refractivity contribution is -0.139. The number of rotatable bonds is 13. The fraction of sp³-hybridized carbons (Fsp3) is 0.700. The lowest BCUT2D eigenvalue weighted by Gasteiger charge is -2.12. The second-order valence-corrected chi connectivity index (χ2v) is 15.3. The third-order valence-corrected chi connectivity index (χ3v) is 13.7. The van der Waals surface area contributed by atoms with E-state index in [0.29, 0.717) is 44.0 Å². The number of hydrogen-bond donors (Lipinski definition) is 0. The summed E-state index contributed by atoms with van der Waals surface area (Å²) in [6.07, 6.45) is 0. The maximum Gasteiger partial charge on any atom is 0.333 e. The minimum absolute atomic E-state index is 0.284. The summed E-state index contributed by atoms with van der Waals surface area (Å²) in [7, 11) is 0. The Hall–Kier alpha value is 0.520. The van der Waals surface area contributed by atoms with Gasteiger partial charge in [-0.1, -0.05) is 13.2 Å². The predicted molar refractivity (Wildman–Crippen MR) is 141 cm³/mol. The van der Waals surface area contributed by atoms with Crippen molar-refractivity contribution in [2.45, 2.75) is 33.5 Å². The van der Waals surface area contributed by atoms with E-state index in [0.717, 1.165) is 23.0 Å².